The van der Waals surface area contributed by atoms with Crippen LogP contribution < -0.4 is 14.0 Å². The molecule has 0 aliphatic heterocycles. The van der Waals surface area contributed by atoms with E-state index in [2.05, 4.69) is 116 Å². The Morgan fingerprint density at radius 1 is 0.806 bits per heavy atom. The van der Waals surface area contributed by atoms with Gasteiger partial charge < -0.3 is 9.47 Å². The summed E-state index contributed by atoms with van der Waals surface area (Å²) in [6.45, 7) is 12.2. The second-order valence-corrected chi connectivity index (χ2v) is 10.5. The second kappa shape index (κ2) is 12.6. The molecule has 0 amide bonds. The summed E-state index contributed by atoms with van der Waals surface area (Å²) in [5.74, 6) is 3.19. The van der Waals surface area contributed by atoms with E-state index in [1.54, 1.807) is 0 Å². The van der Waals surface area contributed by atoms with Crippen LogP contribution in [-0.2, 0) is 19.5 Å². The Balaban J connectivity index is 1.57. The Labute approximate surface area is 216 Å². The predicted octanol–water partition coefficient (Wildman–Crippen LogP) is 7.07. The van der Waals surface area contributed by atoms with Crippen LogP contribution in [-0.4, -0.2) is 17.8 Å². The Hall–Kier alpha value is -3.27. The Kier molecular flexibility index (Phi) is 9.05. The van der Waals surface area contributed by atoms with Crippen molar-refractivity contribution in [2.24, 2.45) is 11.8 Å². The van der Waals surface area contributed by atoms with Crippen molar-refractivity contribution in [2.45, 2.75) is 60.0 Å². The first-order chi connectivity index (χ1) is 17.5. The maximum absolute atomic E-state index is 6.46. The van der Waals surface area contributed by atoms with Gasteiger partial charge in [-0.05, 0) is 36.3 Å². The summed E-state index contributed by atoms with van der Waals surface area (Å²) < 4.78 is 17.3. The highest BCUT2D eigenvalue weighted by Gasteiger charge is 2.16. The molecule has 1 aromatic heterocycles. The van der Waals surface area contributed by atoms with Gasteiger partial charge in [0, 0.05) is 22.8 Å². The van der Waals surface area contributed by atoms with Gasteiger partial charge in [-0.3, -0.25) is 0 Å². The molecule has 3 aromatic carbocycles. The molecule has 36 heavy (non-hydrogen) atoms. The molecule has 4 rings (SSSR count). The molecule has 4 nitrogen and oxygen atoms in total. The molecule has 0 aliphatic rings. The van der Waals surface area contributed by atoms with Crippen molar-refractivity contribution >= 4 is 10.8 Å². The lowest BCUT2D eigenvalue weighted by atomic mass is 10.0. The topological polar surface area (TPSA) is 27.3 Å². The zero-order chi connectivity index (χ0) is 25.3. The summed E-state index contributed by atoms with van der Waals surface area (Å²) in [5.41, 5.74) is 2.51. The molecule has 0 atom stereocenters. The zero-order valence-electron chi connectivity index (χ0n) is 22.3. The summed E-state index contributed by atoms with van der Waals surface area (Å²) >= 11 is 0. The van der Waals surface area contributed by atoms with E-state index in [1.165, 1.54) is 11.1 Å². The van der Waals surface area contributed by atoms with Gasteiger partial charge in [0.15, 0.2) is 0 Å². The van der Waals surface area contributed by atoms with Gasteiger partial charge in [-0.25, -0.2) is 9.13 Å². The van der Waals surface area contributed by atoms with Crippen LogP contribution in [0.5, 0.6) is 11.5 Å². The fourth-order valence-electron chi connectivity index (χ4n) is 4.36. The number of hydrogen-bond acceptors (Lipinski definition) is 2. The summed E-state index contributed by atoms with van der Waals surface area (Å²) in [6, 6.07) is 21.3. The highest BCUT2D eigenvalue weighted by atomic mass is 16.5. The van der Waals surface area contributed by atoms with Crippen LogP contribution >= 0.6 is 0 Å². The fourth-order valence-corrected chi connectivity index (χ4v) is 4.36. The molecule has 0 N–H and O–H groups in total. The molecule has 0 saturated carbocycles. The number of imidazole rings is 1. The van der Waals surface area contributed by atoms with Crippen molar-refractivity contribution in [3.8, 4) is 11.5 Å². The van der Waals surface area contributed by atoms with Crippen LogP contribution in [0.1, 0.15) is 51.7 Å². The smallest absolute Gasteiger partial charge is 0.244 e. The molecule has 0 radical (unpaired) electrons. The van der Waals surface area contributed by atoms with E-state index >= 15 is 0 Å². The lowest BCUT2D eigenvalue weighted by molar-refractivity contribution is -0.687. The van der Waals surface area contributed by atoms with Crippen LogP contribution in [0.2, 0.25) is 0 Å². The third-order valence-corrected chi connectivity index (χ3v) is 6.52. The summed E-state index contributed by atoms with van der Waals surface area (Å²) in [4.78, 5) is 0. The molecule has 4 heteroatoms. The van der Waals surface area contributed by atoms with Crippen molar-refractivity contribution in [1.82, 2.24) is 4.57 Å². The number of nitrogens with zero attached hydrogens (tertiary/aromatic N) is 2. The van der Waals surface area contributed by atoms with Crippen molar-refractivity contribution in [3.63, 3.8) is 0 Å². The number of aromatic nitrogens is 2. The minimum atomic E-state index is 0.610. The molecular formula is C32H41N2O2+. The largest absolute Gasteiger partial charge is 0.493 e. The van der Waals surface area contributed by atoms with Crippen molar-refractivity contribution < 1.29 is 14.0 Å². The number of fused-ring (bicyclic) bond motifs is 1. The third-order valence-electron chi connectivity index (χ3n) is 6.52. The molecular weight excluding hydrogens is 444 g/mol. The van der Waals surface area contributed by atoms with E-state index in [0.29, 0.717) is 11.8 Å². The summed E-state index contributed by atoms with van der Waals surface area (Å²) in [6.07, 6.45) is 9.45. The van der Waals surface area contributed by atoms with E-state index in [4.69, 9.17) is 9.47 Å². The molecule has 0 aliphatic carbocycles. The molecule has 0 unspecified atom stereocenters. The Bertz CT molecular complexity index is 1230. The van der Waals surface area contributed by atoms with Gasteiger partial charge >= 0.3 is 0 Å². The van der Waals surface area contributed by atoms with Gasteiger partial charge in [-0.1, -0.05) is 82.3 Å². The predicted molar refractivity (Wildman–Crippen MR) is 148 cm³/mol. The van der Waals surface area contributed by atoms with Gasteiger partial charge in [0.25, 0.3) is 0 Å². The molecule has 0 saturated heterocycles. The molecule has 4 aromatic rings. The van der Waals surface area contributed by atoms with E-state index < -0.39 is 0 Å². The van der Waals surface area contributed by atoms with Crippen molar-refractivity contribution in [3.05, 3.63) is 90.5 Å². The molecule has 190 valence electrons. The van der Waals surface area contributed by atoms with E-state index in [9.17, 15) is 0 Å². The minimum Gasteiger partial charge on any atom is -0.493 e. The number of rotatable bonds is 13. The van der Waals surface area contributed by atoms with Gasteiger partial charge in [0.1, 0.15) is 30.4 Å². The van der Waals surface area contributed by atoms with Crippen molar-refractivity contribution in [2.75, 3.05) is 13.2 Å². The van der Waals surface area contributed by atoms with Crippen LogP contribution in [0.25, 0.3) is 10.8 Å². The normalized spacial score (nSPS) is 11.5. The lowest BCUT2D eigenvalue weighted by Gasteiger charge is -2.18. The average Bonchev–Trinajstić information content (AvgIpc) is 3.31. The minimum absolute atomic E-state index is 0.610. The first kappa shape index (κ1) is 25.8. The summed E-state index contributed by atoms with van der Waals surface area (Å²) in [7, 11) is 0. The highest BCUT2D eigenvalue weighted by molar-refractivity contribution is 5.94. The molecule has 0 fully saturated rings. The van der Waals surface area contributed by atoms with Crippen LogP contribution in [0.4, 0.5) is 0 Å². The zero-order valence-corrected chi connectivity index (χ0v) is 22.3. The third kappa shape index (κ3) is 7.13. The number of hydrogen-bond donors (Lipinski definition) is 0. The Morgan fingerprint density at radius 3 is 2.19 bits per heavy atom. The molecule has 0 spiro atoms. The van der Waals surface area contributed by atoms with Gasteiger partial charge in [-0.2, -0.15) is 0 Å². The van der Waals surface area contributed by atoms with Crippen LogP contribution in [0.3, 0.4) is 0 Å². The lowest BCUT2D eigenvalue weighted by Crippen LogP contribution is -2.31. The van der Waals surface area contributed by atoms with Crippen molar-refractivity contribution in [1.29, 1.82) is 0 Å². The Morgan fingerprint density at radius 2 is 1.47 bits per heavy atom. The van der Waals surface area contributed by atoms with E-state index in [1.807, 2.05) is 0 Å². The van der Waals surface area contributed by atoms with Gasteiger partial charge in [0.2, 0.25) is 6.33 Å². The molecule has 1 heterocycles. The SMILES string of the molecule is CC(C)CCOc1cc(CCn2cc[n+](Cc3ccccc3)c2)c(OCCC(C)C)c2ccccc12. The van der Waals surface area contributed by atoms with Crippen LogP contribution in [0.15, 0.2) is 79.4 Å². The van der Waals surface area contributed by atoms with E-state index in [-0.39, 0.29) is 0 Å². The quantitative estimate of drug-likeness (QED) is 0.189. The number of benzene rings is 3. The highest BCUT2D eigenvalue weighted by Crippen LogP contribution is 2.37. The second-order valence-electron chi connectivity index (χ2n) is 10.5. The maximum atomic E-state index is 6.46. The fraction of sp³-hybridized carbons (Fsp3) is 0.406. The summed E-state index contributed by atoms with van der Waals surface area (Å²) in [5, 5.41) is 2.27. The standard InChI is InChI=1S/C32H41N2O2/c1-25(2)15-20-35-31-22-28(32(36-21-16-26(3)4)30-13-9-8-12-29(30)31)14-17-33-18-19-34(24-33)23-27-10-6-5-7-11-27/h5-13,18-19,22,24-26H,14-17,20-21,23H2,1-4H3/q+1. The molecule has 0 bridgehead atoms. The average molecular weight is 486 g/mol. The maximum Gasteiger partial charge on any atom is 0.244 e. The van der Waals surface area contributed by atoms with E-state index in [0.717, 1.165) is 67.8 Å². The first-order valence-electron chi connectivity index (χ1n) is 13.4. The van der Waals surface area contributed by atoms with Gasteiger partial charge in [-0.15, -0.1) is 0 Å². The monoisotopic (exact) mass is 485 g/mol. The van der Waals surface area contributed by atoms with Gasteiger partial charge in [0.05, 0.1) is 19.8 Å². The first-order valence-corrected chi connectivity index (χ1v) is 13.4. The van der Waals surface area contributed by atoms with Crippen LogP contribution in [0, 0.1) is 11.8 Å². The number of aryl methyl sites for hydroxylation is 2. The number of ether oxygens (including phenoxy) is 2.